The van der Waals surface area contributed by atoms with Crippen molar-refractivity contribution in [3.05, 3.63) is 89.5 Å². The molecule has 0 saturated carbocycles. The molecule has 0 radical (unpaired) electrons. The summed E-state index contributed by atoms with van der Waals surface area (Å²) in [4.78, 5) is 4.85. The molecule has 170 valence electrons. The van der Waals surface area contributed by atoms with E-state index in [0.29, 0.717) is 6.54 Å². The zero-order valence-electron chi connectivity index (χ0n) is 18.8. The van der Waals surface area contributed by atoms with E-state index in [9.17, 15) is 4.39 Å². The van der Waals surface area contributed by atoms with Gasteiger partial charge in [-0.1, -0.05) is 24.3 Å². The second-order valence-corrected chi connectivity index (χ2v) is 8.27. The molecule has 2 heterocycles. The summed E-state index contributed by atoms with van der Waals surface area (Å²) in [5.74, 6) is 0.687. The van der Waals surface area contributed by atoms with E-state index in [4.69, 9.17) is 9.47 Å². The number of nitrogens with zero attached hydrogens (tertiary/aromatic N) is 3. The number of hydrogen-bond acceptors (Lipinski definition) is 4. The van der Waals surface area contributed by atoms with E-state index >= 15 is 0 Å². The van der Waals surface area contributed by atoms with Crippen LogP contribution in [0.5, 0.6) is 5.75 Å². The first-order chi connectivity index (χ1) is 15.7. The summed E-state index contributed by atoms with van der Waals surface area (Å²) in [5.41, 5.74) is 3.44. The maximum absolute atomic E-state index is 13.8. The van der Waals surface area contributed by atoms with Crippen LogP contribution in [0.15, 0.2) is 66.9 Å². The van der Waals surface area contributed by atoms with Crippen molar-refractivity contribution >= 4 is 0 Å². The monoisotopic (exact) mass is 437 g/mol. The Bertz CT molecular complexity index is 984. The molecule has 0 bridgehead atoms. The van der Waals surface area contributed by atoms with E-state index in [-0.39, 0.29) is 5.82 Å². The van der Waals surface area contributed by atoms with Crippen molar-refractivity contribution in [2.24, 2.45) is 0 Å². The molecular formula is C26H32FN3O2. The lowest BCUT2D eigenvalue weighted by atomic mass is 10.2. The van der Waals surface area contributed by atoms with E-state index in [1.54, 1.807) is 19.2 Å². The maximum atomic E-state index is 13.8. The Balaban J connectivity index is 1.46. The van der Waals surface area contributed by atoms with E-state index in [1.165, 1.54) is 17.3 Å². The molecule has 1 fully saturated rings. The first-order valence-electron chi connectivity index (χ1n) is 11.2. The first-order valence-corrected chi connectivity index (χ1v) is 11.2. The predicted molar refractivity (Wildman–Crippen MR) is 124 cm³/mol. The fourth-order valence-electron chi connectivity index (χ4n) is 4.16. The highest BCUT2D eigenvalue weighted by Gasteiger charge is 2.15. The van der Waals surface area contributed by atoms with Gasteiger partial charge in [-0.25, -0.2) is 4.39 Å². The van der Waals surface area contributed by atoms with Crippen molar-refractivity contribution in [2.75, 3.05) is 46.5 Å². The fourth-order valence-corrected chi connectivity index (χ4v) is 4.16. The number of rotatable bonds is 10. The Morgan fingerprint density at radius 2 is 1.78 bits per heavy atom. The molecule has 0 unspecified atom stereocenters. The van der Waals surface area contributed by atoms with Crippen molar-refractivity contribution in [3.8, 4) is 5.75 Å². The van der Waals surface area contributed by atoms with Crippen LogP contribution in [0, 0.1) is 5.82 Å². The van der Waals surface area contributed by atoms with E-state index < -0.39 is 0 Å². The number of morpholine rings is 1. The summed E-state index contributed by atoms with van der Waals surface area (Å²) in [6.45, 7) is 7.75. The third-order valence-corrected chi connectivity index (χ3v) is 5.93. The molecule has 0 N–H and O–H groups in total. The van der Waals surface area contributed by atoms with Crippen LogP contribution in [0.1, 0.15) is 16.8 Å². The van der Waals surface area contributed by atoms with Crippen LogP contribution in [0.4, 0.5) is 4.39 Å². The number of aromatic nitrogens is 1. The van der Waals surface area contributed by atoms with Gasteiger partial charge in [-0.2, -0.15) is 0 Å². The molecule has 1 saturated heterocycles. The van der Waals surface area contributed by atoms with Gasteiger partial charge in [0.05, 0.1) is 20.3 Å². The minimum atomic E-state index is -0.183. The van der Waals surface area contributed by atoms with Gasteiger partial charge >= 0.3 is 0 Å². The minimum absolute atomic E-state index is 0.183. The van der Waals surface area contributed by atoms with Gasteiger partial charge in [0, 0.05) is 57.7 Å². The van der Waals surface area contributed by atoms with Gasteiger partial charge in [-0.3, -0.25) is 9.80 Å². The molecular weight excluding hydrogens is 405 g/mol. The lowest BCUT2D eigenvalue weighted by Crippen LogP contribution is -2.41. The molecule has 32 heavy (non-hydrogen) atoms. The third-order valence-electron chi connectivity index (χ3n) is 5.93. The molecule has 6 heteroatoms. The smallest absolute Gasteiger partial charge is 0.123 e. The number of methoxy groups -OCH3 is 1. The highest BCUT2D eigenvalue weighted by Crippen LogP contribution is 2.17. The molecule has 1 aliphatic heterocycles. The van der Waals surface area contributed by atoms with Crippen LogP contribution in [-0.4, -0.2) is 60.9 Å². The number of ether oxygens (including phenoxy) is 2. The number of hydrogen-bond donors (Lipinski definition) is 0. The standard InChI is InChI=1S/C26H32FN3O2/c1-31-26-9-3-6-23(18-26)20-30-10-4-8-25(30)21-29(12-11-28-13-15-32-16-14-28)19-22-5-2-7-24(27)17-22/h2-10,17-18H,11-16,19-21H2,1H3. The summed E-state index contributed by atoms with van der Waals surface area (Å²) >= 11 is 0. The Hall–Kier alpha value is -2.67. The van der Waals surface area contributed by atoms with Gasteiger partial charge in [0.15, 0.2) is 0 Å². The Kier molecular flexibility index (Phi) is 7.93. The SMILES string of the molecule is COc1cccc(Cn2cccc2CN(CCN2CCOCC2)Cc2cccc(F)c2)c1. The zero-order chi connectivity index (χ0) is 22.2. The Morgan fingerprint density at radius 3 is 2.59 bits per heavy atom. The first kappa shape index (κ1) is 22.5. The predicted octanol–water partition coefficient (Wildman–Crippen LogP) is 4.02. The van der Waals surface area contributed by atoms with Gasteiger partial charge in [0.1, 0.15) is 11.6 Å². The summed E-state index contributed by atoms with van der Waals surface area (Å²) < 4.78 is 26.9. The number of benzene rings is 2. The van der Waals surface area contributed by atoms with E-state index in [1.807, 2.05) is 18.2 Å². The zero-order valence-corrected chi connectivity index (χ0v) is 18.8. The van der Waals surface area contributed by atoms with E-state index in [2.05, 4.69) is 44.8 Å². The normalized spacial score (nSPS) is 14.7. The lowest BCUT2D eigenvalue weighted by molar-refractivity contribution is 0.0323. The molecule has 2 aromatic carbocycles. The highest BCUT2D eigenvalue weighted by molar-refractivity contribution is 5.29. The molecule has 1 aliphatic rings. The summed E-state index contributed by atoms with van der Waals surface area (Å²) in [6, 6.07) is 19.4. The second kappa shape index (κ2) is 11.3. The quantitative estimate of drug-likeness (QED) is 0.479. The van der Waals surface area contributed by atoms with Crippen LogP contribution in [-0.2, 0) is 24.4 Å². The second-order valence-electron chi connectivity index (χ2n) is 8.27. The topological polar surface area (TPSA) is 29.9 Å². The van der Waals surface area contributed by atoms with Crippen molar-refractivity contribution < 1.29 is 13.9 Å². The van der Waals surface area contributed by atoms with Crippen molar-refractivity contribution in [3.63, 3.8) is 0 Å². The Morgan fingerprint density at radius 1 is 0.969 bits per heavy atom. The van der Waals surface area contributed by atoms with Gasteiger partial charge in [-0.15, -0.1) is 0 Å². The molecule has 4 rings (SSSR count). The van der Waals surface area contributed by atoms with Crippen LogP contribution in [0.2, 0.25) is 0 Å². The highest BCUT2D eigenvalue weighted by atomic mass is 19.1. The number of halogens is 1. The van der Waals surface area contributed by atoms with Gasteiger partial charge < -0.3 is 14.0 Å². The average molecular weight is 438 g/mol. The van der Waals surface area contributed by atoms with Crippen LogP contribution in [0.3, 0.4) is 0 Å². The summed E-state index contributed by atoms with van der Waals surface area (Å²) in [5, 5.41) is 0. The van der Waals surface area contributed by atoms with E-state index in [0.717, 1.165) is 63.8 Å². The van der Waals surface area contributed by atoms with Crippen LogP contribution < -0.4 is 4.74 Å². The fraction of sp³-hybridized carbons (Fsp3) is 0.385. The Labute approximate surface area is 190 Å². The van der Waals surface area contributed by atoms with Crippen molar-refractivity contribution in [1.82, 2.24) is 14.4 Å². The molecule has 1 aromatic heterocycles. The molecule has 3 aromatic rings. The van der Waals surface area contributed by atoms with Crippen LogP contribution >= 0.6 is 0 Å². The molecule has 0 aliphatic carbocycles. The van der Waals surface area contributed by atoms with Gasteiger partial charge in [0.2, 0.25) is 0 Å². The van der Waals surface area contributed by atoms with Gasteiger partial charge in [-0.05, 0) is 47.5 Å². The molecule has 0 atom stereocenters. The lowest BCUT2D eigenvalue weighted by Gasteiger charge is -2.30. The van der Waals surface area contributed by atoms with Crippen molar-refractivity contribution in [2.45, 2.75) is 19.6 Å². The molecule has 0 spiro atoms. The largest absolute Gasteiger partial charge is 0.497 e. The maximum Gasteiger partial charge on any atom is 0.123 e. The van der Waals surface area contributed by atoms with Gasteiger partial charge in [0.25, 0.3) is 0 Å². The average Bonchev–Trinajstić information content (AvgIpc) is 3.24. The summed E-state index contributed by atoms with van der Waals surface area (Å²) in [7, 11) is 1.69. The minimum Gasteiger partial charge on any atom is -0.497 e. The molecule has 5 nitrogen and oxygen atoms in total. The third kappa shape index (κ3) is 6.42. The molecule has 0 amide bonds. The summed E-state index contributed by atoms with van der Waals surface area (Å²) in [6.07, 6.45) is 2.12. The van der Waals surface area contributed by atoms with Crippen molar-refractivity contribution in [1.29, 1.82) is 0 Å². The van der Waals surface area contributed by atoms with Crippen LogP contribution in [0.25, 0.3) is 0 Å².